The number of hydrogen-bond acceptors (Lipinski definition) is 9. The second kappa shape index (κ2) is 8.41. The van der Waals surface area contributed by atoms with Gasteiger partial charge in [0.1, 0.15) is 29.5 Å². The normalized spacial score (nSPS) is 27.9. The zero-order valence-electron chi connectivity index (χ0n) is 14.5. The van der Waals surface area contributed by atoms with Gasteiger partial charge in [-0.2, -0.15) is 0 Å². The summed E-state index contributed by atoms with van der Waals surface area (Å²) in [5.41, 5.74) is 0.880. The number of ether oxygens (including phenoxy) is 1. The highest BCUT2D eigenvalue weighted by molar-refractivity contribution is 7.71. The molecule has 0 saturated carbocycles. The maximum atomic E-state index is 11.8. The van der Waals surface area contributed by atoms with Crippen LogP contribution in [0.2, 0.25) is 0 Å². The molecule has 0 aromatic carbocycles. The molecule has 1 aliphatic heterocycles. The van der Waals surface area contributed by atoms with E-state index in [0.717, 1.165) is 6.42 Å². The SMILES string of the molecule is CCCCOP(=O)(O)OCC1OC(n2cnc3c(=S)nc[nH]c32)C(O)C1O. The third-order valence-electron chi connectivity index (χ3n) is 4.15. The molecule has 1 fully saturated rings. The van der Waals surface area contributed by atoms with E-state index in [9.17, 15) is 19.7 Å². The van der Waals surface area contributed by atoms with E-state index in [4.69, 9.17) is 26.0 Å². The van der Waals surface area contributed by atoms with Gasteiger partial charge in [0.25, 0.3) is 0 Å². The van der Waals surface area contributed by atoms with Crippen LogP contribution in [0.3, 0.4) is 0 Å². The van der Waals surface area contributed by atoms with Crippen molar-refractivity contribution in [3.63, 3.8) is 0 Å². The van der Waals surface area contributed by atoms with E-state index in [-0.39, 0.29) is 11.2 Å². The highest BCUT2D eigenvalue weighted by atomic mass is 32.1. The van der Waals surface area contributed by atoms with E-state index in [0.29, 0.717) is 17.6 Å². The Morgan fingerprint density at radius 3 is 2.89 bits per heavy atom. The summed E-state index contributed by atoms with van der Waals surface area (Å²) in [5.74, 6) is 0. The molecule has 3 heterocycles. The molecule has 0 bridgehead atoms. The van der Waals surface area contributed by atoms with Crippen molar-refractivity contribution in [3.05, 3.63) is 17.3 Å². The van der Waals surface area contributed by atoms with Gasteiger partial charge in [-0.05, 0) is 6.42 Å². The number of rotatable bonds is 8. The van der Waals surface area contributed by atoms with Crippen molar-refractivity contribution in [2.24, 2.45) is 0 Å². The molecule has 5 atom stereocenters. The lowest BCUT2D eigenvalue weighted by Gasteiger charge is -2.17. The van der Waals surface area contributed by atoms with Gasteiger partial charge in [-0.3, -0.25) is 13.6 Å². The molecule has 5 unspecified atom stereocenters. The van der Waals surface area contributed by atoms with Gasteiger partial charge >= 0.3 is 7.82 Å². The van der Waals surface area contributed by atoms with Crippen LogP contribution in [0, 0.1) is 4.64 Å². The fourth-order valence-corrected chi connectivity index (χ4v) is 3.66. The maximum Gasteiger partial charge on any atom is 0.472 e. The molecule has 0 spiro atoms. The van der Waals surface area contributed by atoms with Crippen LogP contribution >= 0.6 is 20.0 Å². The van der Waals surface area contributed by atoms with Crippen molar-refractivity contribution >= 4 is 31.2 Å². The van der Waals surface area contributed by atoms with Gasteiger partial charge < -0.3 is 24.8 Å². The first-order valence-corrected chi connectivity index (χ1v) is 10.3. The first-order valence-electron chi connectivity index (χ1n) is 8.37. The minimum absolute atomic E-state index is 0.0813. The van der Waals surface area contributed by atoms with Gasteiger partial charge in [0.2, 0.25) is 0 Å². The molecule has 0 aliphatic carbocycles. The zero-order valence-corrected chi connectivity index (χ0v) is 16.2. The van der Waals surface area contributed by atoms with Crippen molar-refractivity contribution < 1.29 is 33.5 Å². The van der Waals surface area contributed by atoms with Crippen LogP contribution in [0.5, 0.6) is 0 Å². The first kappa shape index (κ1) is 20.5. The lowest BCUT2D eigenvalue weighted by Crippen LogP contribution is -2.33. The summed E-state index contributed by atoms with van der Waals surface area (Å²) in [6, 6.07) is 0. The van der Waals surface area contributed by atoms with Crippen molar-refractivity contribution in [2.45, 2.75) is 44.3 Å². The molecule has 1 saturated heterocycles. The molecule has 2 aromatic heterocycles. The van der Waals surface area contributed by atoms with Crippen molar-refractivity contribution in [1.29, 1.82) is 0 Å². The summed E-state index contributed by atoms with van der Waals surface area (Å²) < 4.78 is 28.9. The molecule has 27 heavy (non-hydrogen) atoms. The van der Waals surface area contributed by atoms with Crippen LogP contribution in [0.15, 0.2) is 12.7 Å². The Kier molecular flexibility index (Phi) is 6.39. The van der Waals surface area contributed by atoms with Crippen LogP contribution in [-0.4, -0.2) is 66.2 Å². The van der Waals surface area contributed by atoms with E-state index in [1.165, 1.54) is 17.2 Å². The summed E-state index contributed by atoms with van der Waals surface area (Å²) in [7, 11) is -4.27. The number of nitrogens with zero attached hydrogens (tertiary/aromatic N) is 3. The summed E-state index contributed by atoms with van der Waals surface area (Å²) in [5, 5.41) is 20.6. The Bertz CT molecular complexity index is 890. The second-order valence-electron chi connectivity index (χ2n) is 6.05. The molecule has 13 heteroatoms. The number of hydrogen-bond donors (Lipinski definition) is 4. The van der Waals surface area contributed by atoms with E-state index in [1.807, 2.05) is 6.92 Å². The highest BCUT2D eigenvalue weighted by Gasteiger charge is 2.45. The smallest absolute Gasteiger partial charge is 0.387 e. The van der Waals surface area contributed by atoms with E-state index < -0.39 is 39.0 Å². The van der Waals surface area contributed by atoms with E-state index in [2.05, 4.69) is 15.0 Å². The van der Waals surface area contributed by atoms with Crippen LogP contribution in [-0.2, 0) is 18.3 Å². The number of imidazole rings is 1. The molecular weight excluding hydrogens is 399 g/mol. The van der Waals surface area contributed by atoms with E-state index >= 15 is 0 Å². The lowest BCUT2D eigenvalue weighted by molar-refractivity contribution is -0.0514. The van der Waals surface area contributed by atoms with Crippen molar-refractivity contribution in [1.82, 2.24) is 19.5 Å². The second-order valence-corrected chi connectivity index (χ2v) is 7.89. The molecule has 150 valence electrons. The van der Waals surface area contributed by atoms with Crippen LogP contribution in [0.4, 0.5) is 0 Å². The molecule has 1 aliphatic rings. The predicted molar refractivity (Wildman–Crippen MR) is 95.3 cm³/mol. The Labute approximate surface area is 159 Å². The summed E-state index contributed by atoms with van der Waals surface area (Å²) in [6.45, 7) is 1.57. The van der Waals surface area contributed by atoms with Gasteiger partial charge in [0, 0.05) is 0 Å². The van der Waals surface area contributed by atoms with Gasteiger partial charge in [0.05, 0.1) is 25.9 Å². The maximum absolute atomic E-state index is 11.8. The Morgan fingerprint density at radius 2 is 2.15 bits per heavy atom. The first-order chi connectivity index (χ1) is 12.8. The molecule has 3 rings (SSSR count). The van der Waals surface area contributed by atoms with Gasteiger partial charge in [-0.15, -0.1) is 0 Å². The fraction of sp³-hybridized carbons (Fsp3) is 0.643. The minimum Gasteiger partial charge on any atom is -0.387 e. The molecule has 0 amide bonds. The van der Waals surface area contributed by atoms with Crippen molar-refractivity contribution in [3.8, 4) is 0 Å². The largest absolute Gasteiger partial charge is 0.472 e. The number of phosphoric acid groups is 1. The zero-order chi connectivity index (χ0) is 19.6. The number of aliphatic hydroxyl groups excluding tert-OH is 2. The number of fused-ring (bicyclic) bond motifs is 1. The fourth-order valence-electron chi connectivity index (χ4n) is 2.69. The Morgan fingerprint density at radius 1 is 1.37 bits per heavy atom. The van der Waals surface area contributed by atoms with Gasteiger partial charge in [-0.25, -0.2) is 14.5 Å². The molecule has 11 nitrogen and oxygen atoms in total. The standard InChI is InChI=1S/C14H21N4O7PS/c1-2-3-4-23-26(21,22)24-5-8-10(19)11(20)14(25-8)18-7-17-9-12(18)15-6-16-13(9)27/h6-8,10-11,14,19-20H,2-5H2,1H3,(H,21,22)(H,15,16,27). The Hall–Kier alpha value is -1.24. The number of aliphatic hydroxyl groups is 2. The number of H-pyrrole nitrogens is 1. The lowest BCUT2D eigenvalue weighted by atomic mass is 10.1. The van der Waals surface area contributed by atoms with Crippen molar-refractivity contribution in [2.75, 3.05) is 13.2 Å². The van der Waals surface area contributed by atoms with Crippen LogP contribution < -0.4 is 0 Å². The van der Waals surface area contributed by atoms with Gasteiger partial charge in [-0.1, -0.05) is 25.6 Å². The van der Waals surface area contributed by atoms with E-state index in [1.54, 1.807) is 0 Å². The number of phosphoric ester groups is 1. The molecular formula is C14H21N4O7PS. The number of aromatic amines is 1. The molecule has 0 radical (unpaired) electrons. The topological polar surface area (TPSA) is 152 Å². The predicted octanol–water partition coefficient (Wildman–Crippen LogP) is 1.04. The quantitative estimate of drug-likeness (QED) is 0.277. The Balaban J connectivity index is 1.69. The average molecular weight is 420 g/mol. The third kappa shape index (κ3) is 4.44. The van der Waals surface area contributed by atoms with Gasteiger partial charge in [0.15, 0.2) is 10.9 Å². The summed E-state index contributed by atoms with van der Waals surface area (Å²) in [6.07, 6.45) is -0.493. The molecule has 2 aromatic rings. The highest BCUT2D eigenvalue weighted by Crippen LogP contribution is 2.44. The monoisotopic (exact) mass is 420 g/mol. The van der Waals surface area contributed by atoms with Crippen LogP contribution in [0.1, 0.15) is 26.0 Å². The summed E-state index contributed by atoms with van der Waals surface area (Å²) in [4.78, 5) is 20.6. The minimum atomic E-state index is -4.27. The third-order valence-corrected chi connectivity index (χ3v) is 5.43. The number of nitrogens with one attached hydrogen (secondary N) is 1. The number of aromatic nitrogens is 4. The summed E-state index contributed by atoms with van der Waals surface area (Å²) >= 11 is 5.09. The number of unbranched alkanes of at least 4 members (excludes halogenated alkanes) is 1. The average Bonchev–Trinajstić information content (AvgIpc) is 3.17. The van der Waals surface area contributed by atoms with Crippen LogP contribution in [0.25, 0.3) is 11.2 Å². The molecule has 4 N–H and O–H groups in total.